The molecule has 0 spiro atoms. The highest BCUT2D eigenvalue weighted by atomic mass is 16.4. The van der Waals surface area contributed by atoms with Gasteiger partial charge in [0, 0.05) is 6.08 Å². The summed E-state index contributed by atoms with van der Waals surface area (Å²) < 4.78 is 0. The maximum Gasteiger partial charge on any atom is 0.326 e. The molecule has 0 aromatic carbocycles. The molecular formula is C14H27NO4. The number of carbonyl (C=O) groups is 3. The van der Waals surface area contributed by atoms with Crippen LogP contribution in [0.3, 0.4) is 0 Å². The lowest BCUT2D eigenvalue weighted by Gasteiger charge is -2.12. The van der Waals surface area contributed by atoms with E-state index in [1.807, 2.05) is 6.92 Å². The Bertz CT molecular complexity index is 311. The predicted octanol–water partition coefficient (Wildman–Crippen LogP) is 2.55. The first-order valence-corrected chi connectivity index (χ1v) is 5.69. The van der Waals surface area contributed by atoms with Crippen LogP contribution in [0.1, 0.15) is 54.4 Å². The van der Waals surface area contributed by atoms with E-state index in [-0.39, 0.29) is 20.6 Å². The number of carboxylic acid groups (broad SMARTS) is 1. The van der Waals surface area contributed by atoms with Crippen LogP contribution in [0.2, 0.25) is 0 Å². The van der Waals surface area contributed by atoms with Gasteiger partial charge in [0.1, 0.15) is 6.04 Å². The van der Waals surface area contributed by atoms with Crippen molar-refractivity contribution in [1.82, 2.24) is 5.32 Å². The molecule has 0 unspecified atom stereocenters. The standard InChI is InChI=1S/C12H19NO4.2CH4/c1-3-4-5-6-10(12(16)17)13-11(15)8-7-9(2)14;;/h7-8,10H,3-6H2,1-2H3,(H,13,15)(H,16,17);2*1H4/b8-7+;;/t10-;;/m0../s1. The molecule has 0 aliphatic carbocycles. The van der Waals surface area contributed by atoms with E-state index in [2.05, 4.69) is 5.32 Å². The number of rotatable bonds is 8. The van der Waals surface area contributed by atoms with Crippen LogP contribution in [0.4, 0.5) is 0 Å². The summed E-state index contributed by atoms with van der Waals surface area (Å²) in [5.74, 6) is -1.85. The van der Waals surface area contributed by atoms with Crippen LogP contribution < -0.4 is 5.32 Å². The van der Waals surface area contributed by atoms with Gasteiger partial charge in [-0.1, -0.05) is 41.0 Å². The Balaban J connectivity index is -0.00000128. The molecule has 5 nitrogen and oxygen atoms in total. The molecule has 0 aliphatic rings. The molecule has 1 atom stereocenters. The van der Waals surface area contributed by atoms with Crippen molar-refractivity contribution in [3.05, 3.63) is 12.2 Å². The molecule has 2 N–H and O–H groups in total. The maximum atomic E-state index is 11.3. The first-order valence-electron chi connectivity index (χ1n) is 5.69. The third-order valence-electron chi connectivity index (χ3n) is 2.18. The Hall–Kier alpha value is -1.65. The molecule has 0 heterocycles. The fourth-order valence-electron chi connectivity index (χ4n) is 1.27. The SMILES string of the molecule is C.C.CCCCC[C@H](NC(=O)/C=C/C(C)=O)C(=O)O. The van der Waals surface area contributed by atoms with Gasteiger partial charge in [0.25, 0.3) is 0 Å². The highest BCUT2D eigenvalue weighted by Crippen LogP contribution is 2.03. The zero-order chi connectivity index (χ0) is 13.3. The number of carboxylic acids is 1. The van der Waals surface area contributed by atoms with Crippen molar-refractivity contribution < 1.29 is 19.5 Å². The lowest BCUT2D eigenvalue weighted by atomic mass is 10.1. The molecule has 5 heteroatoms. The van der Waals surface area contributed by atoms with Gasteiger partial charge in [-0.3, -0.25) is 9.59 Å². The van der Waals surface area contributed by atoms with E-state index in [1.54, 1.807) is 0 Å². The van der Waals surface area contributed by atoms with Crippen LogP contribution in [0.25, 0.3) is 0 Å². The minimum atomic E-state index is -1.05. The van der Waals surface area contributed by atoms with Gasteiger partial charge in [-0.25, -0.2) is 4.79 Å². The number of hydrogen-bond donors (Lipinski definition) is 2. The summed E-state index contributed by atoms with van der Waals surface area (Å²) in [6.07, 6.45) is 5.25. The Morgan fingerprint density at radius 3 is 2.16 bits per heavy atom. The van der Waals surface area contributed by atoms with Crippen LogP contribution >= 0.6 is 0 Å². The van der Waals surface area contributed by atoms with E-state index >= 15 is 0 Å². The lowest BCUT2D eigenvalue weighted by molar-refractivity contribution is -0.141. The van der Waals surface area contributed by atoms with E-state index in [0.29, 0.717) is 6.42 Å². The van der Waals surface area contributed by atoms with E-state index < -0.39 is 17.9 Å². The van der Waals surface area contributed by atoms with Crippen molar-refractivity contribution in [2.75, 3.05) is 0 Å². The smallest absolute Gasteiger partial charge is 0.326 e. The van der Waals surface area contributed by atoms with Gasteiger partial charge < -0.3 is 10.4 Å². The first kappa shape index (κ1) is 22.5. The fraction of sp³-hybridized carbons (Fsp3) is 0.643. The molecule has 0 bridgehead atoms. The van der Waals surface area contributed by atoms with Crippen LogP contribution in [-0.2, 0) is 14.4 Å². The summed E-state index contributed by atoms with van der Waals surface area (Å²) in [7, 11) is 0. The average molecular weight is 273 g/mol. The number of allylic oxidation sites excluding steroid dienone is 1. The van der Waals surface area contributed by atoms with Crippen molar-refractivity contribution in [3.63, 3.8) is 0 Å². The number of nitrogens with one attached hydrogen (secondary N) is 1. The third-order valence-corrected chi connectivity index (χ3v) is 2.18. The van der Waals surface area contributed by atoms with Crippen LogP contribution in [-0.4, -0.2) is 28.8 Å². The normalized spacial score (nSPS) is 11.1. The molecule has 0 aromatic rings. The molecule has 1 amide bonds. The number of carbonyl (C=O) groups excluding carboxylic acids is 2. The van der Waals surface area contributed by atoms with Gasteiger partial charge in [0.15, 0.2) is 5.78 Å². The van der Waals surface area contributed by atoms with Gasteiger partial charge in [-0.15, -0.1) is 0 Å². The monoisotopic (exact) mass is 273 g/mol. The summed E-state index contributed by atoms with van der Waals surface area (Å²) in [6.45, 7) is 3.34. The third kappa shape index (κ3) is 12.6. The minimum absolute atomic E-state index is 0. The molecule has 0 aliphatic heterocycles. The van der Waals surface area contributed by atoms with E-state index in [4.69, 9.17) is 5.11 Å². The Kier molecular flexibility index (Phi) is 15.2. The summed E-state index contributed by atoms with van der Waals surface area (Å²) >= 11 is 0. The van der Waals surface area contributed by atoms with E-state index in [1.165, 1.54) is 6.92 Å². The second-order valence-corrected chi connectivity index (χ2v) is 3.84. The molecule has 0 saturated heterocycles. The van der Waals surface area contributed by atoms with Gasteiger partial charge >= 0.3 is 5.97 Å². The molecule has 0 radical (unpaired) electrons. The van der Waals surface area contributed by atoms with Crippen LogP contribution in [0, 0.1) is 0 Å². The van der Waals surface area contributed by atoms with Crippen molar-refractivity contribution in [2.45, 2.75) is 60.4 Å². The fourth-order valence-corrected chi connectivity index (χ4v) is 1.27. The second-order valence-electron chi connectivity index (χ2n) is 3.84. The molecule has 112 valence electrons. The van der Waals surface area contributed by atoms with Gasteiger partial charge in [0.05, 0.1) is 0 Å². The Labute approximate surface area is 116 Å². The number of ketones is 1. The Morgan fingerprint density at radius 1 is 1.16 bits per heavy atom. The quantitative estimate of drug-likeness (QED) is 0.526. The average Bonchev–Trinajstić information content (AvgIpc) is 2.25. The summed E-state index contributed by atoms with van der Waals surface area (Å²) in [4.78, 5) is 32.7. The molecule has 0 saturated carbocycles. The summed E-state index contributed by atoms with van der Waals surface area (Å²) in [5.41, 5.74) is 0. The highest BCUT2D eigenvalue weighted by Gasteiger charge is 2.17. The van der Waals surface area contributed by atoms with Gasteiger partial charge in [-0.05, 0) is 19.4 Å². The minimum Gasteiger partial charge on any atom is -0.480 e. The Morgan fingerprint density at radius 2 is 1.74 bits per heavy atom. The highest BCUT2D eigenvalue weighted by molar-refractivity contribution is 5.97. The molecule has 0 fully saturated rings. The first-order chi connectivity index (χ1) is 7.97. The molecule has 0 aromatic heterocycles. The van der Waals surface area contributed by atoms with Crippen molar-refractivity contribution in [3.8, 4) is 0 Å². The van der Waals surface area contributed by atoms with E-state index in [0.717, 1.165) is 31.4 Å². The number of amides is 1. The van der Waals surface area contributed by atoms with E-state index in [9.17, 15) is 14.4 Å². The number of aliphatic carboxylic acids is 1. The summed E-state index contributed by atoms with van der Waals surface area (Å²) in [6, 6.07) is -0.884. The number of unbranched alkanes of at least 4 members (excludes halogenated alkanes) is 2. The topological polar surface area (TPSA) is 83.5 Å². The molecule has 0 rings (SSSR count). The van der Waals surface area contributed by atoms with Crippen molar-refractivity contribution in [2.24, 2.45) is 0 Å². The van der Waals surface area contributed by atoms with Gasteiger partial charge in [-0.2, -0.15) is 0 Å². The van der Waals surface area contributed by atoms with Crippen LogP contribution in [0.15, 0.2) is 12.2 Å². The molecule has 19 heavy (non-hydrogen) atoms. The maximum absolute atomic E-state index is 11.3. The zero-order valence-electron chi connectivity index (χ0n) is 10.2. The predicted molar refractivity (Wildman–Crippen MR) is 77.0 cm³/mol. The number of hydrogen-bond acceptors (Lipinski definition) is 3. The van der Waals surface area contributed by atoms with Crippen LogP contribution in [0.5, 0.6) is 0 Å². The van der Waals surface area contributed by atoms with Gasteiger partial charge in [0.2, 0.25) is 5.91 Å². The van der Waals surface area contributed by atoms with Crippen molar-refractivity contribution >= 4 is 17.7 Å². The second kappa shape index (κ2) is 12.8. The largest absolute Gasteiger partial charge is 0.480 e. The van der Waals surface area contributed by atoms with Crippen molar-refractivity contribution in [1.29, 1.82) is 0 Å². The molecular weight excluding hydrogens is 246 g/mol. The lowest BCUT2D eigenvalue weighted by Crippen LogP contribution is -2.39. The summed E-state index contributed by atoms with van der Waals surface area (Å²) in [5, 5.41) is 11.2. The zero-order valence-corrected chi connectivity index (χ0v) is 10.2.